The van der Waals surface area contributed by atoms with Crippen LogP contribution in [0.4, 0.5) is 14.5 Å². The standard InChI is InChI=1S/C14H8BrF2N3O/c15-9-5-7(1-3-10(9)16)13-19-14(21-20-13)8-2-4-12(18)11(17)6-8/h1-6H,18H2. The number of halogens is 3. The predicted octanol–water partition coefficient (Wildman–Crippen LogP) is 4.03. The summed E-state index contributed by atoms with van der Waals surface area (Å²) >= 11 is 3.09. The minimum absolute atomic E-state index is 0.0425. The minimum Gasteiger partial charge on any atom is -0.396 e. The molecule has 0 aliphatic rings. The van der Waals surface area contributed by atoms with Crippen LogP contribution in [0.15, 0.2) is 45.4 Å². The molecule has 106 valence electrons. The van der Waals surface area contributed by atoms with Gasteiger partial charge >= 0.3 is 0 Å². The molecular weight excluding hydrogens is 344 g/mol. The molecule has 1 heterocycles. The van der Waals surface area contributed by atoms with Crippen molar-refractivity contribution in [2.24, 2.45) is 0 Å². The Labute approximate surface area is 126 Å². The summed E-state index contributed by atoms with van der Waals surface area (Å²) in [5, 5.41) is 3.80. The molecule has 7 heteroatoms. The Kier molecular flexibility index (Phi) is 3.42. The molecule has 0 radical (unpaired) electrons. The van der Waals surface area contributed by atoms with E-state index in [-0.39, 0.29) is 23.2 Å². The summed E-state index contributed by atoms with van der Waals surface area (Å²) < 4.78 is 32.0. The summed E-state index contributed by atoms with van der Waals surface area (Å²) in [4.78, 5) is 4.16. The Balaban J connectivity index is 1.99. The molecule has 1 aromatic heterocycles. The fourth-order valence-electron chi connectivity index (χ4n) is 1.75. The number of rotatable bonds is 2. The molecule has 3 rings (SSSR count). The molecule has 0 bridgehead atoms. The highest BCUT2D eigenvalue weighted by atomic mass is 79.9. The van der Waals surface area contributed by atoms with E-state index in [2.05, 4.69) is 26.1 Å². The average molecular weight is 352 g/mol. The zero-order chi connectivity index (χ0) is 15.0. The van der Waals surface area contributed by atoms with Crippen LogP contribution in [-0.4, -0.2) is 10.1 Å². The quantitative estimate of drug-likeness (QED) is 0.708. The lowest BCUT2D eigenvalue weighted by molar-refractivity contribution is 0.432. The molecule has 21 heavy (non-hydrogen) atoms. The van der Waals surface area contributed by atoms with Crippen LogP contribution >= 0.6 is 15.9 Å². The van der Waals surface area contributed by atoms with Crippen molar-refractivity contribution in [1.82, 2.24) is 10.1 Å². The Bertz CT molecular complexity index is 754. The maximum absolute atomic E-state index is 13.4. The molecule has 0 amide bonds. The van der Waals surface area contributed by atoms with Gasteiger partial charge in [-0.05, 0) is 52.3 Å². The summed E-state index contributed by atoms with van der Waals surface area (Å²) in [5.74, 6) is -0.507. The van der Waals surface area contributed by atoms with Gasteiger partial charge in [0.1, 0.15) is 11.6 Å². The normalized spacial score (nSPS) is 10.8. The third-order valence-electron chi connectivity index (χ3n) is 2.85. The Hall–Kier alpha value is -2.28. The number of hydrogen-bond acceptors (Lipinski definition) is 4. The third-order valence-corrected chi connectivity index (χ3v) is 3.46. The van der Waals surface area contributed by atoms with Crippen molar-refractivity contribution < 1.29 is 13.3 Å². The molecule has 0 atom stereocenters. The van der Waals surface area contributed by atoms with Gasteiger partial charge in [-0.1, -0.05) is 5.16 Å². The lowest BCUT2D eigenvalue weighted by Gasteiger charge is -1.98. The summed E-state index contributed by atoms with van der Waals surface area (Å²) in [6.45, 7) is 0. The van der Waals surface area contributed by atoms with Crippen molar-refractivity contribution >= 4 is 21.6 Å². The molecule has 0 aliphatic carbocycles. The average Bonchev–Trinajstić information content (AvgIpc) is 2.94. The van der Waals surface area contributed by atoms with Crippen molar-refractivity contribution in [3.8, 4) is 22.8 Å². The van der Waals surface area contributed by atoms with Gasteiger partial charge in [-0.3, -0.25) is 0 Å². The zero-order valence-electron chi connectivity index (χ0n) is 10.5. The summed E-state index contributed by atoms with van der Waals surface area (Å²) in [6, 6.07) is 8.57. The highest BCUT2D eigenvalue weighted by molar-refractivity contribution is 9.10. The Morgan fingerprint density at radius 3 is 2.48 bits per heavy atom. The van der Waals surface area contributed by atoms with Crippen molar-refractivity contribution in [3.05, 3.63) is 52.5 Å². The Morgan fingerprint density at radius 1 is 1.00 bits per heavy atom. The van der Waals surface area contributed by atoms with Gasteiger partial charge in [-0.15, -0.1) is 0 Å². The van der Waals surface area contributed by atoms with E-state index in [0.29, 0.717) is 15.6 Å². The molecule has 0 aliphatic heterocycles. The highest BCUT2D eigenvalue weighted by Crippen LogP contribution is 2.26. The SMILES string of the molecule is Nc1ccc(-c2nc(-c3ccc(F)c(Br)c3)no2)cc1F. The number of nitrogens with two attached hydrogens (primary N) is 1. The monoisotopic (exact) mass is 351 g/mol. The van der Waals surface area contributed by atoms with Gasteiger partial charge in [0.25, 0.3) is 5.89 Å². The van der Waals surface area contributed by atoms with Crippen LogP contribution < -0.4 is 5.73 Å². The number of aromatic nitrogens is 2. The number of nitrogens with zero attached hydrogens (tertiary/aromatic N) is 2. The molecular formula is C14H8BrF2N3O. The molecule has 4 nitrogen and oxygen atoms in total. The first-order valence-corrected chi connectivity index (χ1v) is 6.68. The molecule has 0 saturated heterocycles. The number of benzene rings is 2. The number of hydrogen-bond donors (Lipinski definition) is 1. The van der Waals surface area contributed by atoms with Gasteiger partial charge in [-0.25, -0.2) is 8.78 Å². The minimum atomic E-state index is -0.559. The predicted molar refractivity (Wildman–Crippen MR) is 77.2 cm³/mol. The van der Waals surface area contributed by atoms with Crippen molar-refractivity contribution in [2.75, 3.05) is 5.73 Å². The topological polar surface area (TPSA) is 64.9 Å². The zero-order valence-corrected chi connectivity index (χ0v) is 12.1. The summed E-state index contributed by atoms with van der Waals surface area (Å²) in [5.41, 5.74) is 6.45. The lowest BCUT2D eigenvalue weighted by Crippen LogP contribution is -1.90. The molecule has 0 saturated carbocycles. The van der Waals surface area contributed by atoms with Crippen LogP contribution in [0.1, 0.15) is 0 Å². The molecule has 2 aromatic carbocycles. The Morgan fingerprint density at radius 2 is 1.76 bits per heavy atom. The van der Waals surface area contributed by atoms with E-state index < -0.39 is 5.82 Å². The first-order valence-electron chi connectivity index (χ1n) is 5.89. The maximum atomic E-state index is 13.4. The first-order chi connectivity index (χ1) is 10.0. The van der Waals surface area contributed by atoms with Crippen molar-refractivity contribution in [1.29, 1.82) is 0 Å². The van der Waals surface area contributed by atoms with Crippen molar-refractivity contribution in [3.63, 3.8) is 0 Å². The second-order valence-corrected chi connectivity index (χ2v) is 5.14. The van der Waals surface area contributed by atoms with Crippen LogP contribution in [0.2, 0.25) is 0 Å². The molecule has 3 aromatic rings. The van der Waals surface area contributed by atoms with Gasteiger partial charge < -0.3 is 10.3 Å². The van der Waals surface area contributed by atoms with Crippen LogP contribution in [-0.2, 0) is 0 Å². The molecule has 0 spiro atoms. The van der Waals surface area contributed by atoms with E-state index in [1.165, 1.54) is 30.3 Å². The van der Waals surface area contributed by atoms with E-state index in [4.69, 9.17) is 10.3 Å². The van der Waals surface area contributed by atoms with E-state index in [1.54, 1.807) is 6.07 Å². The van der Waals surface area contributed by atoms with E-state index >= 15 is 0 Å². The molecule has 0 fully saturated rings. The summed E-state index contributed by atoms with van der Waals surface area (Å²) in [7, 11) is 0. The van der Waals surface area contributed by atoms with Gasteiger partial charge in [0.15, 0.2) is 0 Å². The molecule has 0 unspecified atom stereocenters. The van der Waals surface area contributed by atoms with E-state index in [9.17, 15) is 8.78 Å². The number of anilines is 1. The van der Waals surface area contributed by atoms with Gasteiger partial charge in [-0.2, -0.15) is 4.98 Å². The number of nitrogen functional groups attached to an aromatic ring is 1. The molecule has 2 N–H and O–H groups in total. The maximum Gasteiger partial charge on any atom is 0.258 e. The van der Waals surface area contributed by atoms with Gasteiger partial charge in [0.05, 0.1) is 10.2 Å². The van der Waals surface area contributed by atoms with Gasteiger partial charge in [0.2, 0.25) is 5.82 Å². The third kappa shape index (κ3) is 2.64. The van der Waals surface area contributed by atoms with E-state index in [1.807, 2.05) is 0 Å². The second-order valence-electron chi connectivity index (χ2n) is 4.29. The fourth-order valence-corrected chi connectivity index (χ4v) is 2.13. The highest BCUT2D eigenvalue weighted by Gasteiger charge is 2.13. The summed E-state index contributed by atoms with van der Waals surface area (Å²) in [6.07, 6.45) is 0. The van der Waals surface area contributed by atoms with Crippen LogP contribution in [0, 0.1) is 11.6 Å². The lowest BCUT2D eigenvalue weighted by atomic mass is 10.2. The second kappa shape index (κ2) is 5.25. The fraction of sp³-hybridized carbons (Fsp3) is 0. The van der Waals surface area contributed by atoms with Crippen LogP contribution in [0.25, 0.3) is 22.8 Å². The van der Waals surface area contributed by atoms with Gasteiger partial charge in [0, 0.05) is 11.1 Å². The van der Waals surface area contributed by atoms with Crippen LogP contribution in [0.3, 0.4) is 0 Å². The van der Waals surface area contributed by atoms with Crippen molar-refractivity contribution in [2.45, 2.75) is 0 Å². The first kappa shape index (κ1) is 13.7. The van der Waals surface area contributed by atoms with E-state index in [0.717, 1.165) is 0 Å². The van der Waals surface area contributed by atoms with Crippen LogP contribution in [0.5, 0.6) is 0 Å². The largest absolute Gasteiger partial charge is 0.396 e. The smallest absolute Gasteiger partial charge is 0.258 e.